The zero-order chi connectivity index (χ0) is 23.1. The van der Waals surface area contributed by atoms with Gasteiger partial charge < -0.3 is 14.6 Å². The predicted octanol–water partition coefficient (Wildman–Crippen LogP) is 4.35. The van der Waals surface area contributed by atoms with Crippen LogP contribution in [-0.4, -0.2) is 28.2 Å². The fourth-order valence-electron chi connectivity index (χ4n) is 3.46. The van der Waals surface area contributed by atoms with E-state index in [9.17, 15) is 9.59 Å². The molecular weight excluding hydrogens is 406 g/mol. The third kappa shape index (κ3) is 6.34. The van der Waals surface area contributed by atoms with Crippen molar-refractivity contribution in [3.8, 4) is 0 Å². The molecule has 1 aromatic heterocycles. The highest BCUT2D eigenvalue weighted by Gasteiger charge is 2.26. The number of fused-ring (bicyclic) bond motifs is 1. The molecule has 0 fully saturated rings. The van der Waals surface area contributed by atoms with Gasteiger partial charge in [0.05, 0.1) is 6.61 Å². The van der Waals surface area contributed by atoms with Crippen molar-refractivity contribution in [3.63, 3.8) is 0 Å². The normalized spacial score (nSPS) is 12.4. The van der Waals surface area contributed by atoms with Gasteiger partial charge in [0.1, 0.15) is 11.6 Å². The second-order valence-electron chi connectivity index (χ2n) is 8.60. The molecule has 0 unspecified atom stereocenters. The first-order chi connectivity index (χ1) is 15.3. The van der Waals surface area contributed by atoms with Crippen molar-refractivity contribution in [1.29, 1.82) is 0 Å². The summed E-state index contributed by atoms with van der Waals surface area (Å²) in [4.78, 5) is 30.8. The lowest BCUT2D eigenvalue weighted by Crippen LogP contribution is -2.49. The number of carbonyl (C=O) groups excluding carboxylic acids is 2. The van der Waals surface area contributed by atoms with Crippen molar-refractivity contribution in [2.45, 2.75) is 58.9 Å². The molecule has 2 N–H and O–H groups in total. The standard InChI is InChI=1S/C25H31N3O4/c1-5-28-16-19(20-13-9-10-14-22(20)28)15-21(26-24(30)32-25(2,3)4)23(29)27-31-17-18-11-7-6-8-12-18/h6-14,16,21H,5,15,17H2,1-4H3,(H,26,30)(H,27,29)/t21-/m1/s1. The molecular formula is C25H31N3O4. The number of carbonyl (C=O) groups is 2. The fourth-order valence-corrected chi connectivity index (χ4v) is 3.46. The minimum absolute atomic E-state index is 0.223. The summed E-state index contributed by atoms with van der Waals surface area (Å²) < 4.78 is 7.49. The summed E-state index contributed by atoms with van der Waals surface area (Å²) in [6.45, 7) is 8.42. The van der Waals surface area contributed by atoms with Crippen molar-refractivity contribution in [1.82, 2.24) is 15.4 Å². The highest BCUT2D eigenvalue weighted by atomic mass is 16.7. The number of hydrogen-bond acceptors (Lipinski definition) is 4. The number of ether oxygens (including phenoxy) is 1. The molecule has 170 valence electrons. The molecule has 0 aliphatic carbocycles. The van der Waals surface area contributed by atoms with Crippen molar-refractivity contribution >= 4 is 22.9 Å². The van der Waals surface area contributed by atoms with Crippen molar-refractivity contribution < 1.29 is 19.2 Å². The molecule has 0 aliphatic rings. The van der Waals surface area contributed by atoms with E-state index < -0.39 is 23.6 Å². The van der Waals surface area contributed by atoms with E-state index in [1.54, 1.807) is 20.8 Å². The average molecular weight is 438 g/mol. The van der Waals surface area contributed by atoms with Gasteiger partial charge in [0.25, 0.3) is 5.91 Å². The minimum Gasteiger partial charge on any atom is -0.444 e. The minimum atomic E-state index is -0.864. The van der Waals surface area contributed by atoms with Crippen LogP contribution in [0.5, 0.6) is 0 Å². The lowest BCUT2D eigenvalue weighted by Gasteiger charge is -2.23. The van der Waals surface area contributed by atoms with Gasteiger partial charge in [-0.1, -0.05) is 48.5 Å². The van der Waals surface area contributed by atoms with Gasteiger partial charge in [0.2, 0.25) is 0 Å². The van der Waals surface area contributed by atoms with Crippen LogP contribution in [0.1, 0.15) is 38.8 Å². The molecule has 0 saturated carbocycles. The third-order valence-electron chi connectivity index (χ3n) is 4.90. The van der Waals surface area contributed by atoms with Crippen molar-refractivity contribution in [2.24, 2.45) is 0 Å². The van der Waals surface area contributed by atoms with Gasteiger partial charge in [-0.15, -0.1) is 0 Å². The van der Waals surface area contributed by atoms with Crippen LogP contribution in [-0.2, 0) is 33.9 Å². The Hall–Kier alpha value is -3.32. The topological polar surface area (TPSA) is 81.6 Å². The molecule has 0 saturated heterocycles. The zero-order valence-corrected chi connectivity index (χ0v) is 19.1. The van der Waals surface area contributed by atoms with E-state index in [4.69, 9.17) is 9.57 Å². The molecule has 1 atom stereocenters. The summed E-state index contributed by atoms with van der Waals surface area (Å²) in [6.07, 6.45) is 1.67. The molecule has 3 rings (SSSR count). The summed E-state index contributed by atoms with van der Waals surface area (Å²) in [7, 11) is 0. The number of rotatable bonds is 8. The van der Waals surface area contributed by atoms with Gasteiger partial charge in [-0.3, -0.25) is 9.63 Å². The first-order valence-corrected chi connectivity index (χ1v) is 10.8. The van der Waals surface area contributed by atoms with Gasteiger partial charge in [-0.2, -0.15) is 0 Å². The van der Waals surface area contributed by atoms with Crippen molar-refractivity contribution in [3.05, 3.63) is 71.9 Å². The first kappa shape index (κ1) is 23.3. The second kappa shape index (κ2) is 10.3. The predicted molar refractivity (Wildman–Crippen MR) is 124 cm³/mol. The Balaban J connectivity index is 1.76. The molecule has 1 heterocycles. The van der Waals surface area contributed by atoms with Crippen LogP contribution >= 0.6 is 0 Å². The molecule has 0 aliphatic heterocycles. The maximum absolute atomic E-state index is 12.9. The summed E-state index contributed by atoms with van der Waals surface area (Å²) in [6, 6.07) is 16.7. The van der Waals surface area contributed by atoms with E-state index in [1.165, 1.54) is 0 Å². The fraction of sp³-hybridized carbons (Fsp3) is 0.360. The Morgan fingerprint density at radius 1 is 1.03 bits per heavy atom. The third-order valence-corrected chi connectivity index (χ3v) is 4.90. The van der Waals surface area contributed by atoms with Crippen LogP contribution in [0.3, 0.4) is 0 Å². The Morgan fingerprint density at radius 2 is 1.72 bits per heavy atom. The quantitative estimate of drug-likeness (QED) is 0.514. The maximum Gasteiger partial charge on any atom is 0.408 e. The lowest BCUT2D eigenvalue weighted by molar-refractivity contribution is -0.136. The van der Waals surface area contributed by atoms with E-state index in [0.29, 0.717) is 6.42 Å². The van der Waals surface area contributed by atoms with Gasteiger partial charge >= 0.3 is 6.09 Å². The average Bonchev–Trinajstić information content (AvgIpc) is 3.10. The number of para-hydroxylation sites is 1. The van der Waals surface area contributed by atoms with E-state index in [1.807, 2.05) is 60.8 Å². The number of nitrogens with zero attached hydrogens (tertiary/aromatic N) is 1. The van der Waals surface area contributed by atoms with E-state index in [-0.39, 0.29) is 6.61 Å². The monoisotopic (exact) mass is 437 g/mol. The van der Waals surface area contributed by atoms with Crippen LogP contribution in [0.15, 0.2) is 60.8 Å². The highest BCUT2D eigenvalue weighted by Crippen LogP contribution is 2.23. The SMILES string of the molecule is CCn1cc(C[C@@H](NC(=O)OC(C)(C)C)C(=O)NOCc2ccccc2)c2ccccc21. The van der Waals surface area contributed by atoms with E-state index >= 15 is 0 Å². The van der Waals surface area contributed by atoms with Crippen LogP contribution in [0.25, 0.3) is 10.9 Å². The Morgan fingerprint density at radius 3 is 2.41 bits per heavy atom. The van der Waals surface area contributed by atoms with Crippen LogP contribution in [0.4, 0.5) is 4.79 Å². The Bertz CT molecular complexity index is 1050. The first-order valence-electron chi connectivity index (χ1n) is 10.8. The number of aryl methyl sites for hydroxylation is 1. The number of hydroxylamine groups is 1. The zero-order valence-electron chi connectivity index (χ0n) is 19.1. The number of nitrogens with one attached hydrogen (secondary N) is 2. The molecule has 0 bridgehead atoms. The van der Waals surface area contributed by atoms with Crippen LogP contribution in [0, 0.1) is 0 Å². The Labute approximate surface area is 188 Å². The van der Waals surface area contributed by atoms with E-state index in [0.717, 1.165) is 28.6 Å². The lowest BCUT2D eigenvalue weighted by atomic mass is 10.0. The van der Waals surface area contributed by atoms with Gasteiger partial charge in [-0.25, -0.2) is 10.3 Å². The van der Waals surface area contributed by atoms with E-state index in [2.05, 4.69) is 22.3 Å². The molecule has 7 nitrogen and oxygen atoms in total. The maximum atomic E-state index is 12.9. The summed E-state index contributed by atoms with van der Waals surface area (Å²) in [5, 5.41) is 3.74. The number of hydrogen-bond donors (Lipinski definition) is 2. The summed E-state index contributed by atoms with van der Waals surface area (Å²) in [5.41, 5.74) is 4.77. The number of amides is 2. The number of aromatic nitrogens is 1. The van der Waals surface area contributed by atoms with Gasteiger partial charge in [0.15, 0.2) is 0 Å². The number of benzene rings is 2. The molecule has 7 heteroatoms. The smallest absolute Gasteiger partial charge is 0.408 e. The van der Waals surface area contributed by atoms with Gasteiger partial charge in [-0.05, 0) is 44.9 Å². The summed E-state index contributed by atoms with van der Waals surface area (Å²) >= 11 is 0. The Kier molecular flexibility index (Phi) is 7.53. The van der Waals surface area contributed by atoms with Crippen molar-refractivity contribution in [2.75, 3.05) is 0 Å². The molecule has 32 heavy (non-hydrogen) atoms. The van der Waals surface area contributed by atoms with Crippen LogP contribution < -0.4 is 10.8 Å². The molecule has 2 aromatic carbocycles. The highest BCUT2D eigenvalue weighted by molar-refractivity contribution is 5.88. The molecule has 0 spiro atoms. The van der Waals surface area contributed by atoms with Crippen LogP contribution in [0.2, 0.25) is 0 Å². The molecule has 3 aromatic rings. The molecule has 0 radical (unpaired) electrons. The summed E-state index contributed by atoms with van der Waals surface area (Å²) in [5.74, 6) is -0.444. The van der Waals surface area contributed by atoms with Gasteiger partial charge in [0, 0.05) is 30.1 Å². The molecule has 2 amide bonds. The number of alkyl carbamates (subject to hydrolysis) is 1. The largest absolute Gasteiger partial charge is 0.444 e. The second-order valence-corrected chi connectivity index (χ2v) is 8.60.